The molecular weight excluding hydrogens is 292 g/mol. The average molecular weight is 315 g/mol. The lowest BCUT2D eigenvalue weighted by molar-refractivity contribution is 0.417. The fraction of sp³-hybridized carbons (Fsp3) is 0.733. The van der Waals surface area contributed by atoms with Crippen LogP contribution >= 0.6 is 27.3 Å². The van der Waals surface area contributed by atoms with E-state index in [0.29, 0.717) is 4.83 Å². The summed E-state index contributed by atoms with van der Waals surface area (Å²) in [6.45, 7) is 9.29. The normalized spacial score (nSPS) is 27.4. The van der Waals surface area contributed by atoms with Gasteiger partial charge in [-0.15, -0.1) is 11.3 Å². The van der Waals surface area contributed by atoms with Crippen LogP contribution in [0.25, 0.3) is 0 Å². The molecule has 0 amide bonds. The van der Waals surface area contributed by atoms with Crippen molar-refractivity contribution in [1.29, 1.82) is 0 Å². The fourth-order valence-electron chi connectivity index (χ4n) is 2.72. The summed E-state index contributed by atoms with van der Waals surface area (Å²) < 4.78 is 0. The number of thiophene rings is 1. The summed E-state index contributed by atoms with van der Waals surface area (Å²) in [5.74, 6) is 1.71. The molecule has 3 atom stereocenters. The first-order valence-corrected chi connectivity index (χ1v) is 8.37. The number of rotatable bonds is 2. The zero-order valence-corrected chi connectivity index (χ0v) is 13.7. The lowest BCUT2D eigenvalue weighted by Gasteiger charge is -2.21. The summed E-state index contributed by atoms with van der Waals surface area (Å²) in [6.07, 6.45) is 4.20. The van der Waals surface area contributed by atoms with Gasteiger partial charge in [0.15, 0.2) is 0 Å². The molecule has 2 heteroatoms. The molecule has 0 spiro atoms. The SMILES string of the molecule is CC1CCCC1C(Br)c1ccc(C(C)(C)C)s1. The van der Waals surface area contributed by atoms with E-state index in [-0.39, 0.29) is 5.41 Å². The van der Waals surface area contributed by atoms with Gasteiger partial charge in [-0.25, -0.2) is 0 Å². The number of hydrogen-bond acceptors (Lipinski definition) is 1. The second-order valence-corrected chi connectivity index (χ2v) is 8.53. The van der Waals surface area contributed by atoms with Gasteiger partial charge in [-0.1, -0.05) is 56.5 Å². The van der Waals surface area contributed by atoms with E-state index in [2.05, 4.69) is 55.8 Å². The maximum atomic E-state index is 3.94. The van der Waals surface area contributed by atoms with Crippen molar-refractivity contribution in [1.82, 2.24) is 0 Å². The Morgan fingerprint density at radius 1 is 1.29 bits per heavy atom. The maximum Gasteiger partial charge on any atom is 0.0519 e. The van der Waals surface area contributed by atoms with Crippen LogP contribution in [0.3, 0.4) is 0 Å². The van der Waals surface area contributed by atoms with Gasteiger partial charge in [0.25, 0.3) is 0 Å². The van der Waals surface area contributed by atoms with Crippen LogP contribution in [0, 0.1) is 11.8 Å². The minimum absolute atomic E-state index is 0.289. The van der Waals surface area contributed by atoms with Crippen molar-refractivity contribution in [3.63, 3.8) is 0 Å². The lowest BCUT2D eigenvalue weighted by Crippen LogP contribution is -2.10. The van der Waals surface area contributed by atoms with E-state index in [1.165, 1.54) is 29.0 Å². The van der Waals surface area contributed by atoms with Crippen LogP contribution < -0.4 is 0 Å². The standard InChI is InChI=1S/C15H23BrS/c1-10-6-5-7-11(10)14(16)12-8-9-13(17-12)15(2,3)4/h8-11,14H,5-7H2,1-4H3. The van der Waals surface area contributed by atoms with Crippen LogP contribution in [0.5, 0.6) is 0 Å². The zero-order valence-electron chi connectivity index (χ0n) is 11.3. The van der Waals surface area contributed by atoms with Crippen molar-refractivity contribution >= 4 is 27.3 Å². The molecule has 96 valence electrons. The van der Waals surface area contributed by atoms with Gasteiger partial charge in [0, 0.05) is 9.75 Å². The minimum atomic E-state index is 0.289. The molecule has 1 aliphatic rings. The molecule has 1 heterocycles. The van der Waals surface area contributed by atoms with E-state index in [9.17, 15) is 0 Å². The zero-order chi connectivity index (χ0) is 12.6. The van der Waals surface area contributed by atoms with Crippen LogP contribution in [0.15, 0.2) is 12.1 Å². The summed E-state index contributed by atoms with van der Waals surface area (Å²) in [7, 11) is 0. The topological polar surface area (TPSA) is 0 Å². The van der Waals surface area contributed by atoms with Crippen molar-refractivity contribution in [2.45, 2.75) is 57.2 Å². The Balaban J connectivity index is 2.14. The average Bonchev–Trinajstić information content (AvgIpc) is 2.83. The minimum Gasteiger partial charge on any atom is -0.144 e. The second-order valence-electron chi connectivity index (χ2n) is 6.43. The molecule has 0 saturated heterocycles. The van der Waals surface area contributed by atoms with E-state index in [4.69, 9.17) is 0 Å². The van der Waals surface area contributed by atoms with Crippen LogP contribution in [-0.4, -0.2) is 0 Å². The third-order valence-corrected chi connectivity index (χ3v) is 7.01. The first-order valence-electron chi connectivity index (χ1n) is 6.64. The summed E-state index contributed by atoms with van der Waals surface area (Å²) >= 11 is 5.93. The number of halogens is 1. The molecule has 0 bridgehead atoms. The highest BCUT2D eigenvalue weighted by Gasteiger charge is 2.31. The largest absolute Gasteiger partial charge is 0.144 e. The summed E-state index contributed by atoms with van der Waals surface area (Å²) in [4.78, 5) is 3.59. The van der Waals surface area contributed by atoms with Crippen molar-refractivity contribution in [3.8, 4) is 0 Å². The Morgan fingerprint density at radius 3 is 2.47 bits per heavy atom. The molecule has 2 rings (SSSR count). The highest BCUT2D eigenvalue weighted by atomic mass is 79.9. The van der Waals surface area contributed by atoms with Gasteiger partial charge in [-0.3, -0.25) is 0 Å². The van der Waals surface area contributed by atoms with Gasteiger partial charge < -0.3 is 0 Å². The number of alkyl halides is 1. The van der Waals surface area contributed by atoms with Crippen LogP contribution in [0.4, 0.5) is 0 Å². The second kappa shape index (κ2) is 5.05. The Kier molecular flexibility index (Phi) is 4.04. The van der Waals surface area contributed by atoms with Crippen molar-refractivity contribution in [3.05, 3.63) is 21.9 Å². The predicted octanol–water partition coefficient (Wildman–Crippen LogP) is 5.92. The van der Waals surface area contributed by atoms with Gasteiger partial charge in [0.1, 0.15) is 0 Å². The van der Waals surface area contributed by atoms with E-state index >= 15 is 0 Å². The molecule has 0 N–H and O–H groups in total. The van der Waals surface area contributed by atoms with Gasteiger partial charge >= 0.3 is 0 Å². The van der Waals surface area contributed by atoms with Gasteiger partial charge in [0.05, 0.1) is 4.83 Å². The predicted molar refractivity (Wildman–Crippen MR) is 81.2 cm³/mol. The Labute approximate surface area is 118 Å². The molecule has 0 nitrogen and oxygen atoms in total. The smallest absolute Gasteiger partial charge is 0.0519 e. The molecule has 3 unspecified atom stereocenters. The summed E-state index contributed by atoms with van der Waals surface area (Å²) in [5, 5.41) is 0. The van der Waals surface area contributed by atoms with Gasteiger partial charge in [0.2, 0.25) is 0 Å². The van der Waals surface area contributed by atoms with E-state index in [1.807, 2.05) is 11.3 Å². The van der Waals surface area contributed by atoms with E-state index < -0.39 is 0 Å². The van der Waals surface area contributed by atoms with E-state index in [0.717, 1.165) is 11.8 Å². The molecule has 0 aromatic carbocycles. The molecule has 0 radical (unpaired) electrons. The Morgan fingerprint density at radius 2 is 2.00 bits per heavy atom. The third-order valence-electron chi connectivity index (χ3n) is 3.94. The van der Waals surface area contributed by atoms with Crippen LogP contribution in [-0.2, 0) is 5.41 Å². The van der Waals surface area contributed by atoms with Crippen LogP contribution in [0.2, 0.25) is 0 Å². The maximum absolute atomic E-state index is 3.94. The number of hydrogen-bond donors (Lipinski definition) is 0. The lowest BCUT2D eigenvalue weighted by atomic mass is 9.93. The fourth-order valence-corrected chi connectivity index (χ4v) is 5.06. The van der Waals surface area contributed by atoms with Crippen molar-refractivity contribution in [2.75, 3.05) is 0 Å². The van der Waals surface area contributed by atoms with Crippen LogP contribution in [0.1, 0.15) is 61.5 Å². The molecule has 1 fully saturated rings. The van der Waals surface area contributed by atoms with Gasteiger partial charge in [-0.05, 0) is 35.8 Å². The third kappa shape index (κ3) is 2.96. The molecule has 17 heavy (non-hydrogen) atoms. The van der Waals surface area contributed by atoms with Gasteiger partial charge in [-0.2, -0.15) is 0 Å². The first kappa shape index (κ1) is 13.6. The molecule has 0 aliphatic heterocycles. The molecular formula is C15H23BrS. The molecule has 1 aromatic heterocycles. The highest BCUT2D eigenvalue weighted by molar-refractivity contribution is 9.09. The molecule has 1 aromatic rings. The summed E-state index contributed by atoms with van der Waals surface area (Å²) in [6, 6.07) is 4.64. The Hall–Kier alpha value is 0.180. The quantitative estimate of drug-likeness (QED) is 0.594. The highest BCUT2D eigenvalue weighted by Crippen LogP contribution is 2.47. The van der Waals surface area contributed by atoms with E-state index in [1.54, 1.807) is 0 Å². The van der Waals surface area contributed by atoms with Crippen molar-refractivity contribution < 1.29 is 0 Å². The Bertz CT molecular complexity index is 375. The van der Waals surface area contributed by atoms with Crippen molar-refractivity contribution in [2.24, 2.45) is 11.8 Å². The molecule has 1 saturated carbocycles. The summed E-state index contributed by atoms with van der Waals surface area (Å²) in [5.41, 5.74) is 0.289. The monoisotopic (exact) mass is 314 g/mol. The first-order chi connectivity index (χ1) is 7.89. The molecule has 1 aliphatic carbocycles.